The van der Waals surface area contributed by atoms with Crippen molar-refractivity contribution in [3.05, 3.63) is 60.0 Å². The van der Waals surface area contributed by atoms with Crippen LogP contribution in [0.1, 0.15) is 11.5 Å². The second-order valence-electron chi connectivity index (χ2n) is 5.24. The summed E-state index contributed by atoms with van der Waals surface area (Å²) in [5.74, 6) is -1.92. The fourth-order valence-corrected chi connectivity index (χ4v) is 3.27. The maximum absolute atomic E-state index is 12.8. The van der Waals surface area contributed by atoms with Crippen molar-refractivity contribution in [2.24, 2.45) is 0 Å². The summed E-state index contributed by atoms with van der Waals surface area (Å²) in [5.41, 5.74) is -0.885. The number of nitrogens with zero attached hydrogens (tertiary/aromatic N) is 2. The van der Waals surface area contributed by atoms with E-state index in [9.17, 15) is 30.6 Å². The number of hydrogen-bond acceptors (Lipinski definition) is 4. The molecule has 1 unspecified atom stereocenters. The van der Waals surface area contributed by atoms with E-state index in [-0.39, 0.29) is 21.2 Å². The summed E-state index contributed by atoms with van der Waals surface area (Å²) in [6, 6.07) is 9.29. The van der Waals surface area contributed by atoms with Crippen molar-refractivity contribution < 1.29 is 35.1 Å². The molecule has 2 aromatic carbocycles. The lowest BCUT2D eigenvalue weighted by Crippen LogP contribution is -2.06. The topological polar surface area (TPSA) is 56.0 Å². The van der Waals surface area contributed by atoms with E-state index in [1.54, 1.807) is 0 Å². The number of alkyl halides is 6. The Labute approximate surface area is 150 Å². The minimum atomic E-state index is -4.82. The summed E-state index contributed by atoms with van der Waals surface area (Å²) < 4.78 is 92.7. The van der Waals surface area contributed by atoms with Crippen LogP contribution in [-0.2, 0) is 23.2 Å². The van der Waals surface area contributed by atoms with E-state index in [1.807, 2.05) is 0 Å². The standard InChI is InChI=1S/C16H8F6N2O2S/c17-15(18,19)10-4-2-6-12(8-10)27(25)11-5-1-3-9(7-11)13-23-14(26-24-13)16(20,21)22/h1-8H. The first-order valence-electron chi connectivity index (χ1n) is 7.16. The van der Waals surface area contributed by atoms with Crippen molar-refractivity contribution in [1.82, 2.24) is 10.1 Å². The lowest BCUT2D eigenvalue weighted by atomic mass is 10.2. The zero-order valence-corrected chi connectivity index (χ0v) is 13.8. The Hall–Kier alpha value is -2.69. The van der Waals surface area contributed by atoms with Crippen LogP contribution in [0.5, 0.6) is 0 Å². The van der Waals surface area contributed by atoms with Crippen molar-refractivity contribution in [3.8, 4) is 11.4 Å². The highest BCUT2D eigenvalue weighted by Crippen LogP contribution is 2.32. The summed E-state index contributed by atoms with van der Waals surface area (Å²) in [7, 11) is -1.99. The first kappa shape index (κ1) is 19.1. The zero-order valence-electron chi connectivity index (χ0n) is 13.0. The quantitative estimate of drug-likeness (QED) is 0.578. The van der Waals surface area contributed by atoms with Crippen LogP contribution in [0.3, 0.4) is 0 Å². The highest BCUT2D eigenvalue weighted by Gasteiger charge is 2.38. The second kappa shape index (κ2) is 6.80. The number of benzene rings is 2. The predicted octanol–water partition coefficient (Wildman–Crippen LogP) is 4.94. The van der Waals surface area contributed by atoms with E-state index in [0.717, 1.165) is 18.2 Å². The molecule has 3 rings (SSSR count). The molecule has 3 aromatic rings. The molecule has 1 atom stereocenters. The number of hydrogen-bond donors (Lipinski definition) is 0. The smallest absolute Gasteiger partial charge is 0.329 e. The van der Waals surface area contributed by atoms with Crippen LogP contribution < -0.4 is 0 Å². The maximum atomic E-state index is 12.8. The predicted molar refractivity (Wildman–Crippen MR) is 80.9 cm³/mol. The van der Waals surface area contributed by atoms with Gasteiger partial charge in [0.05, 0.1) is 16.4 Å². The molecule has 0 spiro atoms. The number of rotatable bonds is 3. The van der Waals surface area contributed by atoms with Gasteiger partial charge in [-0.2, -0.15) is 31.3 Å². The average Bonchev–Trinajstić information content (AvgIpc) is 3.11. The average molecular weight is 406 g/mol. The van der Waals surface area contributed by atoms with Crippen LogP contribution in [0, 0.1) is 0 Å². The number of aromatic nitrogens is 2. The second-order valence-corrected chi connectivity index (χ2v) is 6.72. The van der Waals surface area contributed by atoms with Gasteiger partial charge in [-0.3, -0.25) is 0 Å². The first-order chi connectivity index (χ1) is 12.6. The lowest BCUT2D eigenvalue weighted by Gasteiger charge is -2.09. The van der Waals surface area contributed by atoms with Gasteiger partial charge in [0, 0.05) is 15.4 Å². The molecule has 11 heteroatoms. The third-order valence-electron chi connectivity index (χ3n) is 3.35. The minimum Gasteiger partial charge on any atom is -0.329 e. The van der Waals surface area contributed by atoms with Gasteiger partial charge < -0.3 is 4.52 Å². The van der Waals surface area contributed by atoms with E-state index in [0.29, 0.717) is 0 Å². The molecular formula is C16H8F6N2O2S. The van der Waals surface area contributed by atoms with Crippen LogP contribution >= 0.6 is 0 Å². The van der Waals surface area contributed by atoms with Gasteiger partial charge in [-0.25, -0.2) is 4.21 Å². The maximum Gasteiger partial charge on any atom is 0.471 e. The van der Waals surface area contributed by atoms with Crippen LogP contribution in [0.25, 0.3) is 11.4 Å². The largest absolute Gasteiger partial charge is 0.471 e. The van der Waals surface area contributed by atoms with Gasteiger partial charge in [0.25, 0.3) is 0 Å². The molecule has 0 radical (unpaired) electrons. The van der Waals surface area contributed by atoms with Crippen molar-refractivity contribution in [3.63, 3.8) is 0 Å². The molecule has 1 heterocycles. The summed E-state index contributed by atoms with van der Waals surface area (Å²) in [4.78, 5) is 3.19. The highest BCUT2D eigenvalue weighted by atomic mass is 32.2. The van der Waals surface area contributed by atoms with Crippen molar-refractivity contribution >= 4 is 10.8 Å². The molecule has 4 nitrogen and oxygen atoms in total. The molecule has 0 saturated heterocycles. The molecule has 27 heavy (non-hydrogen) atoms. The fourth-order valence-electron chi connectivity index (χ4n) is 2.13. The Morgan fingerprint density at radius 3 is 2.07 bits per heavy atom. The normalized spacial score (nSPS) is 13.6. The van der Waals surface area contributed by atoms with Gasteiger partial charge in [-0.15, -0.1) is 0 Å². The van der Waals surface area contributed by atoms with E-state index < -0.39 is 34.6 Å². The monoisotopic (exact) mass is 406 g/mol. The van der Waals surface area contributed by atoms with Crippen LogP contribution in [-0.4, -0.2) is 14.3 Å². The summed E-state index contributed by atoms with van der Waals surface area (Å²) in [6.07, 6.45) is -9.41. The van der Waals surface area contributed by atoms with Crippen LogP contribution in [0.15, 0.2) is 62.8 Å². The van der Waals surface area contributed by atoms with E-state index in [2.05, 4.69) is 14.7 Å². The van der Waals surface area contributed by atoms with Gasteiger partial charge in [0.15, 0.2) is 0 Å². The van der Waals surface area contributed by atoms with E-state index in [4.69, 9.17) is 0 Å². The van der Waals surface area contributed by atoms with E-state index in [1.165, 1.54) is 30.3 Å². The molecular weight excluding hydrogens is 398 g/mol. The fraction of sp³-hybridized carbons (Fsp3) is 0.125. The molecule has 0 N–H and O–H groups in total. The Kier molecular flexibility index (Phi) is 4.81. The van der Waals surface area contributed by atoms with Crippen LogP contribution in [0.2, 0.25) is 0 Å². The molecule has 0 bridgehead atoms. The number of halogens is 6. The Bertz CT molecular complexity index is 997. The van der Waals surface area contributed by atoms with Crippen molar-refractivity contribution in [1.29, 1.82) is 0 Å². The SMILES string of the molecule is O=S(c1cccc(-c2noc(C(F)(F)F)n2)c1)c1cccc(C(F)(F)F)c1. The molecule has 142 valence electrons. The molecule has 0 aliphatic rings. The Balaban J connectivity index is 1.94. The van der Waals surface area contributed by atoms with Gasteiger partial charge in [-0.05, 0) is 30.3 Å². The third-order valence-corrected chi connectivity index (χ3v) is 4.71. The Morgan fingerprint density at radius 2 is 1.48 bits per heavy atom. The minimum absolute atomic E-state index is 0.0742. The first-order valence-corrected chi connectivity index (χ1v) is 8.31. The third kappa shape index (κ3) is 4.18. The Morgan fingerprint density at radius 1 is 0.852 bits per heavy atom. The van der Waals surface area contributed by atoms with Gasteiger partial charge in [-0.1, -0.05) is 23.4 Å². The zero-order chi connectivity index (χ0) is 19.8. The van der Waals surface area contributed by atoms with Gasteiger partial charge in [0.2, 0.25) is 5.82 Å². The summed E-state index contributed by atoms with van der Waals surface area (Å²) in [6.45, 7) is 0. The van der Waals surface area contributed by atoms with Crippen molar-refractivity contribution in [2.75, 3.05) is 0 Å². The van der Waals surface area contributed by atoms with Gasteiger partial charge in [0.1, 0.15) is 0 Å². The summed E-state index contributed by atoms with van der Waals surface area (Å²) >= 11 is 0. The van der Waals surface area contributed by atoms with E-state index >= 15 is 0 Å². The molecule has 0 amide bonds. The summed E-state index contributed by atoms with van der Waals surface area (Å²) in [5, 5.41) is 3.22. The molecule has 0 saturated carbocycles. The molecule has 0 aliphatic heterocycles. The molecule has 0 aliphatic carbocycles. The van der Waals surface area contributed by atoms with Crippen LogP contribution in [0.4, 0.5) is 26.3 Å². The molecule has 0 fully saturated rings. The highest BCUT2D eigenvalue weighted by molar-refractivity contribution is 7.85. The van der Waals surface area contributed by atoms with Crippen molar-refractivity contribution in [2.45, 2.75) is 22.1 Å². The lowest BCUT2D eigenvalue weighted by molar-refractivity contribution is -0.159. The van der Waals surface area contributed by atoms with Gasteiger partial charge >= 0.3 is 18.2 Å². The molecule has 1 aromatic heterocycles.